The second-order valence-corrected chi connectivity index (χ2v) is 6.51. The molecule has 8 heteroatoms. The molecule has 2 aromatic carbocycles. The van der Waals surface area contributed by atoms with Crippen molar-refractivity contribution < 1.29 is 14.5 Å². The molecule has 1 amide bonds. The predicted molar refractivity (Wildman–Crippen MR) is 109 cm³/mol. The zero-order valence-electron chi connectivity index (χ0n) is 16.5. The number of para-hydroxylation sites is 2. The third-order valence-corrected chi connectivity index (χ3v) is 4.51. The van der Waals surface area contributed by atoms with E-state index >= 15 is 0 Å². The van der Waals surface area contributed by atoms with E-state index in [1.807, 2.05) is 31.2 Å². The van der Waals surface area contributed by atoms with Gasteiger partial charge in [-0.05, 0) is 50.6 Å². The Morgan fingerprint density at radius 2 is 1.86 bits per heavy atom. The number of benzene rings is 2. The molecule has 29 heavy (non-hydrogen) atoms. The molecular weight excluding hydrogens is 372 g/mol. The molecule has 0 fully saturated rings. The van der Waals surface area contributed by atoms with Gasteiger partial charge in [0.05, 0.1) is 23.8 Å². The maximum absolute atomic E-state index is 12.6. The van der Waals surface area contributed by atoms with Crippen LogP contribution < -0.4 is 10.1 Å². The fourth-order valence-electron chi connectivity index (χ4n) is 3.09. The van der Waals surface area contributed by atoms with Gasteiger partial charge >= 0.3 is 5.69 Å². The summed E-state index contributed by atoms with van der Waals surface area (Å²) in [7, 11) is 0. The van der Waals surface area contributed by atoms with E-state index in [-0.39, 0.29) is 11.6 Å². The molecule has 0 radical (unpaired) electrons. The molecule has 0 aliphatic rings. The average Bonchev–Trinajstić information content (AvgIpc) is 2.97. The van der Waals surface area contributed by atoms with Crippen molar-refractivity contribution in [1.82, 2.24) is 9.78 Å². The van der Waals surface area contributed by atoms with Gasteiger partial charge in [-0.1, -0.05) is 24.3 Å². The Bertz CT molecular complexity index is 1040. The highest BCUT2D eigenvalue weighted by atomic mass is 16.6. The molecule has 0 saturated carbocycles. The number of hydrogen-bond donors (Lipinski definition) is 1. The van der Waals surface area contributed by atoms with Gasteiger partial charge in [-0.15, -0.1) is 0 Å². The smallest absolute Gasteiger partial charge is 0.312 e. The maximum atomic E-state index is 12.6. The summed E-state index contributed by atoms with van der Waals surface area (Å²) in [5, 5.41) is 18.2. The van der Waals surface area contributed by atoms with E-state index < -0.39 is 4.92 Å². The SMILES string of the molecule is CCOc1ccccc1NC(=O)c1ccc(Cn2nc(C)c([N+](=O)[O-])c2C)cc1. The number of nitrogens with one attached hydrogen (secondary N) is 1. The number of nitrogens with zero attached hydrogens (tertiary/aromatic N) is 3. The van der Waals surface area contributed by atoms with Crippen LogP contribution in [0.3, 0.4) is 0 Å². The van der Waals surface area contributed by atoms with Crippen LogP contribution in [-0.4, -0.2) is 27.2 Å². The van der Waals surface area contributed by atoms with Gasteiger partial charge < -0.3 is 10.1 Å². The van der Waals surface area contributed by atoms with Crippen LogP contribution in [0.5, 0.6) is 5.75 Å². The number of ether oxygens (including phenoxy) is 1. The van der Waals surface area contributed by atoms with Gasteiger partial charge in [-0.25, -0.2) is 0 Å². The lowest BCUT2D eigenvalue weighted by molar-refractivity contribution is -0.386. The van der Waals surface area contributed by atoms with E-state index in [0.717, 1.165) is 5.56 Å². The van der Waals surface area contributed by atoms with Crippen molar-refractivity contribution in [3.63, 3.8) is 0 Å². The first-order valence-electron chi connectivity index (χ1n) is 9.21. The lowest BCUT2D eigenvalue weighted by Crippen LogP contribution is -2.13. The molecule has 0 aliphatic heterocycles. The fraction of sp³-hybridized carbons (Fsp3) is 0.238. The van der Waals surface area contributed by atoms with E-state index in [0.29, 0.717) is 41.5 Å². The Labute approximate surface area is 168 Å². The first-order chi connectivity index (χ1) is 13.9. The van der Waals surface area contributed by atoms with E-state index in [2.05, 4.69) is 10.4 Å². The summed E-state index contributed by atoms with van der Waals surface area (Å²) < 4.78 is 7.12. The molecule has 0 atom stereocenters. The van der Waals surface area contributed by atoms with Gasteiger partial charge in [0.25, 0.3) is 5.91 Å². The Balaban J connectivity index is 1.73. The highest BCUT2D eigenvalue weighted by Crippen LogP contribution is 2.25. The number of carbonyl (C=O) groups is 1. The zero-order valence-corrected chi connectivity index (χ0v) is 16.5. The number of aromatic nitrogens is 2. The van der Waals surface area contributed by atoms with Crippen LogP contribution in [0.15, 0.2) is 48.5 Å². The van der Waals surface area contributed by atoms with Crippen LogP contribution in [0, 0.1) is 24.0 Å². The first-order valence-corrected chi connectivity index (χ1v) is 9.21. The second kappa shape index (κ2) is 8.55. The van der Waals surface area contributed by atoms with Crippen molar-refractivity contribution in [3.05, 3.63) is 81.2 Å². The lowest BCUT2D eigenvalue weighted by Gasteiger charge is -2.11. The number of rotatable bonds is 7. The normalized spacial score (nSPS) is 10.6. The second-order valence-electron chi connectivity index (χ2n) is 6.51. The first kappa shape index (κ1) is 20.1. The summed E-state index contributed by atoms with van der Waals surface area (Å²) >= 11 is 0. The molecule has 0 unspecified atom stereocenters. The van der Waals surface area contributed by atoms with Crippen molar-refractivity contribution in [2.24, 2.45) is 0 Å². The van der Waals surface area contributed by atoms with Crippen molar-refractivity contribution in [2.45, 2.75) is 27.3 Å². The number of aryl methyl sites for hydroxylation is 1. The molecular formula is C21H22N4O4. The summed E-state index contributed by atoms with van der Waals surface area (Å²) in [6, 6.07) is 14.3. The largest absolute Gasteiger partial charge is 0.492 e. The highest BCUT2D eigenvalue weighted by molar-refractivity contribution is 6.05. The molecule has 1 N–H and O–H groups in total. The standard InChI is InChI=1S/C21H22N4O4/c1-4-29-19-8-6-5-7-18(19)22-21(26)17-11-9-16(10-12-17)13-24-15(3)20(25(27)28)14(2)23-24/h5-12H,4,13H2,1-3H3,(H,22,26). The fourth-order valence-corrected chi connectivity index (χ4v) is 3.09. The molecule has 3 rings (SSSR count). The van der Waals surface area contributed by atoms with E-state index in [1.54, 1.807) is 42.8 Å². The van der Waals surface area contributed by atoms with Crippen LogP contribution in [-0.2, 0) is 6.54 Å². The van der Waals surface area contributed by atoms with Gasteiger partial charge in [0.15, 0.2) is 0 Å². The van der Waals surface area contributed by atoms with Crippen molar-refractivity contribution in [2.75, 3.05) is 11.9 Å². The molecule has 0 bridgehead atoms. The van der Waals surface area contributed by atoms with Crippen LogP contribution in [0.4, 0.5) is 11.4 Å². The Morgan fingerprint density at radius 3 is 2.48 bits per heavy atom. The topological polar surface area (TPSA) is 99.3 Å². The van der Waals surface area contributed by atoms with Crippen LogP contribution in [0.25, 0.3) is 0 Å². The number of nitro groups is 1. The summed E-state index contributed by atoms with van der Waals surface area (Å²) in [5.41, 5.74) is 2.92. The van der Waals surface area contributed by atoms with Crippen LogP contribution in [0.2, 0.25) is 0 Å². The lowest BCUT2D eigenvalue weighted by atomic mass is 10.1. The third kappa shape index (κ3) is 4.43. The summed E-state index contributed by atoms with van der Waals surface area (Å²) in [6.07, 6.45) is 0. The molecule has 0 spiro atoms. The minimum atomic E-state index is -0.415. The third-order valence-electron chi connectivity index (χ3n) is 4.51. The number of anilines is 1. The molecule has 150 valence electrons. The molecule has 0 aliphatic carbocycles. The van der Waals surface area contributed by atoms with Gasteiger partial charge in [0, 0.05) is 5.56 Å². The average molecular weight is 394 g/mol. The van der Waals surface area contributed by atoms with Crippen molar-refractivity contribution >= 4 is 17.3 Å². The minimum absolute atomic E-state index is 0.0361. The quantitative estimate of drug-likeness (QED) is 0.480. The molecule has 0 saturated heterocycles. The number of hydrogen-bond acceptors (Lipinski definition) is 5. The summed E-state index contributed by atoms with van der Waals surface area (Å²) in [6.45, 7) is 6.07. The maximum Gasteiger partial charge on any atom is 0.312 e. The van der Waals surface area contributed by atoms with Crippen molar-refractivity contribution in [1.29, 1.82) is 0 Å². The van der Waals surface area contributed by atoms with Crippen molar-refractivity contribution in [3.8, 4) is 5.75 Å². The van der Waals surface area contributed by atoms with Crippen LogP contribution >= 0.6 is 0 Å². The van der Waals surface area contributed by atoms with E-state index in [4.69, 9.17) is 4.74 Å². The molecule has 3 aromatic rings. The highest BCUT2D eigenvalue weighted by Gasteiger charge is 2.21. The van der Waals surface area contributed by atoms with E-state index in [1.165, 1.54) is 0 Å². The van der Waals surface area contributed by atoms with Gasteiger partial charge in [-0.3, -0.25) is 19.6 Å². The molecule has 8 nitrogen and oxygen atoms in total. The number of amides is 1. The van der Waals surface area contributed by atoms with Gasteiger partial charge in [0.1, 0.15) is 17.1 Å². The zero-order chi connectivity index (χ0) is 21.0. The van der Waals surface area contributed by atoms with Gasteiger partial charge in [0.2, 0.25) is 0 Å². The summed E-state index contributed by atoms with van der Waals surface area (Å²) in [5.74, 6) is 0.372. The Morgan fingerprint density at radius 1 is 1.17 bits per heavy atom. The molecule has 1 aromatic heterocycles. The van der Waals surface area contributed by atoms with Crippen LogP contribution in [0.1, 0.15) is 34.2 Å². The monoisotopic (exact) mass is 394 g/mol. The van der Waals surface area contributed by atoms with E-state index in [9.17, 15) is 14.9 Å². The Kier molecular flexibility index (Phi) is 5.92. The minimum Gasteiger partial charge on any atom is -0.492 e. The predicted octanol–water partition coefficient (Wildman–Crippen LogP) is 4.11. The van der Waals surface area contributed by atoms with Gasteiger partial charge in [-0.2, -0.15) is 5.10 Å². The Hall–Kier alpha value is -3.68. The summed E-state index contributed by atoms with van der Waals surface area (Å²) in [4.78, 5) is 23.3. The molecule has 1 heterocycles. The number of carbonyl (C=O) groups excluding carboxylic acids is 1.